The van der Waals surface area contributed by atoms with Gasteiger partial charge in [-0.25, -0.2) is 4.79 Å². The highest BCUT2D eigenvalue weighted by atomic mass is 16.2. The lowest BCUT2D eigenvalue weighted by molar-refractivity contribution is -0.135. The lowest BCUT2D eigenvalue weighted by Gasteiger charge is -2.21. The van der Waals surface area contributed by atoms with Gasteiger partial charge >= 0.3 is 5.69 Å². The van der Waals surface area contributed by atoms with Gasteiger partial charge in [-0.15, -0.1) is 0 Å². The molecule has 54 heavy (non-hydrogen) atoms. The van der Waals surface area contributed by atoms with E-state index in [9.17, 15) is 19.2 Å². The number of nitrogens with one attached hydrogen (secondary N) is 2. The van der Waals surface area contributed by atoms with Crippen LogP contribution in [-0.4, -0.2) is 58.1 Å². The lowest BCUT2D eigenvalue weighted by atomic mass is 9.93. The second-order valence-corrected chi connectivity index (χ2v) is 13.7. The Balaban J connectivity index is 0.968. The molecule has 1 fully saturated rings. The van der Waals surface area contributed by atoms with Crippen molar-refractivity contribution in [1.82, 2.24) is 44.5 Å². The van der Waals surface area contributed by atoms with Gasteiger partial charge in [0.2, 0.25) is 5.91 Å². The molecular formula is C41H35N9O4. The third-order valence-electron chi connectivity index (χ3n) is 9.90. The SMILES string of the molecule is CC(C)c1cc(-c2cccc3cc(-c4ccc(C(=O)NCC#Cc5cnc6cnn(C7CCC(=O)NC7=O)c6c5)nc4)ncc23)cc2c1n(C)c(=O)n2C. The molecule has 2 aromatic carbocycles. The highest BCUT2D eigenvalue weighted by Gasteiger charge is 2.30. The Bertz CT molecular complexity index is 2800. The molecule has 1 atom stereocenters. The van der Waals surface area contributed by atoms with Crippen LogP contribution >= 0.6 is 0 Å². The first-order valence-electron chi connectivity index (χ1n) is 17.6. The van der Waals surface area contributed by atoms with E-state index in [-0.39, 0.29) is 42.1 Å². The van der Waals surface area contributed by atoms with E-state index in [1.807, 2.05) is 37.5 Å². The van der Waals surface area contributed by atoms with E-state index in [0.29, 0.717) is 23.0 Å². The highest BCUT2D eigenvalue weighted by Crippen LogP contribution is 2.35. The maximum Gasteiger partial charge on any atom is 0.328 e. The average molecular weight is 718 g/mol. The van der Waals surface area contributed by atoms with E-state index in [4.69, 9.17) is 4.98 Å². The molecular weight excluding hydrogens is 683 g/mol. The fourth-order valence-corrected chi connectivity index (χ4v) is 7.06. The third kappa shape index (κ3) is 6.07. The van der Waals surface area contributed by atoms with Gasteiger partial charge < -0.3 is 5.32 Å². The van der Waals surface area contributed by atoms with Crippen LogP contribution in [0, 0.1) is 11.8 Å². The van der Waals surface area contributed by atoms with Crippen LogP contribution in [0.2, 0.25) is 0 Å². The zero-order valence-corrected chi connectivity index (χ0v) is 30.0. The summed E-state index contributed by atoms with van der Waals surface area (Å²) in [6.45, 7) is 4.35. The summed E-state index contributed by atoms with van der Waals surface area (Å²) in [6.07, 6.45) is 7.26. The van der Waals surface area contributed by atoms with Gasteiger partial charge in [-0.3, -0.25) is 48.5 Å². The number of aryl methyl sites for hydroxylation is 2. The van der Waals surface area contributed by atoms with Gasteiger partial charge in [-0.05, 0) is 70.8 Å². The Morgan fingerprint density at radius 1 is 0.926 bits per heavy atom. The highest BCUT2D eigenvalue weighted by molar-refractivity contribution is 6.01. The fraction of sp³-hybridized carbons (Fsp3) is 0.220. The molecule has 1 aliphatic rings. The van der Waals surface area contributed by atoms with Crippen molar-refractivity contribution >= 4 is 50.6 Å². The lowest BCUT2D eigenvalue weighted by Crippen LogP contribution is -2.42. The van der Waals surface area contributed by atoms with Gasteiger partial charge in [-0.2, -0.15) is 5.10 Å². The number of hydrogen-bond donors (Lipinski definition) is 2. The Morgan fingerprint density at radius 3 is 2.56 bits per heavy atom. The standard InChI is InChI=1S/C41H35N9O4/c1-23(2)29-16-27(18-36-38(29)49(4)41(54)48(36)3)28-9-5-8-25-17-32(45-21-30(25)28)26-10-11-31(44-20-26)39(52)42-14-6-7-24-15-35-33(43-19-24)22-46-50(35)34-12-13-37(51)47-40(34)53/h5,8-11,15-23,34H,12-14H2,1-4H3,(H,42,52)(H,47,51,53). The molecule has 13 heteroatoms. The van der Waals surface area contributed by atoms with E-state index in [2.05, 4.69) is 69.6 Å². The van der Waals surface area contributed by atoms with Gasteiger partial charge in [0.1, 0.15) is 17.3 Å². The van der Waals surface area contributed by atoms with Crippen LogP contribution in [0.3, 0.4) is 0 Å². The maximum atomic E-state index is 12.9. The first-order valence-corrected chi connectivity index (χ1v) is 17.6. The number of carbonyl (C=O) groups is 3. The zero-order valence-electron chi connectivity index (χ0n) is 30.0. The quantitative estimate of drug-likeness (QED) is 0.184. The summed E-state index contributed by atoms with van der Waals surface area (Å²) in [5.41, 5.74) is 8.49. The van der Waals surface area contributed by atoms with Crippen molar-refractivity contribution in [2.75, 3.05) is 6.54 Å². The molecule has 268 valence electrons. The van der Waals surface area contributed by atoms with Gasteiger partial charge in [0.05, 0.1) is 35.0 Å². The van der Waals surface area contributed by atoms with Crippen molar-refractivity contribution in [2.24, 2.45) is 14.1 Å². The number of carbonyl (C=O) groups excluding carboxylic acids is 3. The van der Waals surface area contributed by atoms with Crippen molar-refractivity contribution in [2.45, 2.75) is 38.6 Å². The summed E-state index contributed by atoms with van der Waals surface area (Å²) in [6, 6.07) is 17.0. The van der Waals surface area contributed by atoms with Gasteiger partial charge in [0.25, 0.3) is 11.8 Å². The molecule has 0 spiro atoms. The molecule has 0 radical (unpaired) electrons. The second-order valence-electron chi connectivity index (χ2n) is 13.7. The minimum absolute atomic E-state index is 0.0542. The molecule has 8 rings (SSSR count). The van der Waals surface area contributed by atoms with Gasteiger partial charge in [-0.1, -0.05) is 43.9 Å². The van der Waals surface area contributed by atoms with Crippen molar-refractivity contribution < 1.29 is 14.4 Å². The molecule has 0 aliphatic carbocycles. The number of rotatable bonds is 6. The molecule has 7 aromatic rings. The molecule has 13 nitrogen and oxygen atoms in total. The van der Waals surface area contributed by atoms with Crippen molar-refractivity contribution in [3.63, 3.8) is 0 Å². The number of imidazole rings is 1. The van der Waals surface area contributed by atoms with E-state index in [0.717, 1.165) is 49.8 Å². The Hall–Kier alpha value is -6.94. The van der Waals surface area contributed by atoms with E-state index in [1.165, 1.54) is 0 Å². The molecule has 0 bridgehead atoms. The topological polar surface area (TPSA) is 159 Å². The van der Waals surface area contributed by atoms with Crippen molar-refractivity contribution in [3.8, 4) is 34.2 Å². The first kappa shape index (κ1) is 34.2. The number of imide groups is 1. The summed E-state index contributed by atoms with van der Waals surface area (Å²) >= 11 is 0. The zero-order chi connectivity index (χ0) is 37.7. The van der Waals surface area contributed by atoms with E-state index in [1.54, 1.807) is 51.6 Å². The van der Waals surface area contributed by atoms with E-state index >= 15 is 0 Å². The molecule has 2 N–H and O–H groups in total. The van der Waals surface area contributed by atoms with Crippen molar-refractivity contribution in [1.29, 1.82) is 0 Å². The summed E-state index contributed by atoms with van der Waals surface area (Å²) in [5, 5.41) is 11.4. The Labute approximate surface area is 309 Å². The van der Waals surface area contributed by atoms with Gasteiger partial charge in [0.15, 0.2) is 0 Å². The number of nitrogens with zero attached hydrogens (tertiary/aromatic N) is 7. The number of aromatic nitrogens is 7. The summed E-state index contributed by atoms with van der Waals surface area (Å²) in [4.78, 5) is 63.2. The second kappa shape index (κ2) is 13.6. The number of piperidine rings is 1. The largest absolute Gasteiger partial charge is 0.340 e. The number of hydrogen-bond acceptors (Lipinski definition) is 8. The smallest absolute Gasteiger partial charge is 0.328 e. The number of benzene rings is 2. The molecule has 5 aromatic heterocycles. The minimum atomic E-state index is -0.605. The first-order chi connectivity index (χ1) is 26.1. The monoisotopic (exact) mass is 717 g/mol. The fourth-order valence-electron chi connectivity index (χ4n) is 7.06. The Morgan fingerprint density at radius 2 is 1.78 bits per heavy atom. The third-order valence-corrected chi connectivity index (χ3v) is 9.90. The van der Waals surface area contributed by atoms with Crippen molar-refractivity contribution in [3.05, 3.63) is 107 Å². The van der Waals surface area contributed by atoms with Crippen LogP contribution in [0.15, 0.2) is 84.2 Å². The van der Waals surface area contributed by atoms with Crippen LogP contribution in [0.4, 0.5) is 0 Å². The predicted octanol–water partition coefficient (Wildman–Crippen LogP) is 4.78. The summed E-state index contributed by atoms with van der Waals surface area (Å²) in [7, 11) is 3.62. The van der Waals surface area contributed by atoms with Crippen LogP contribution in [0.25, 0.3) is 55.2 Å². The van der Waals surface area contributed by atoms with Crippen LogP contribution in [0.5, 0.6) is 0 Å². The van der Waals surface area contributed by atoms with Crippen LogP contribution < -0.4 is 16.3 Å². The maximum absolute atomic E-state index is 12.9. The van der Waals surface area contributed by atoms with Crippen LogP contribution in [0.1, 0.15) is 60.3 Å². The molecule has 3 amide bonds. The molecule has 1 unspecified atom stereocenters. The summed E-state index contributed by atoms with van der Waals surface area (Å²) in [5.74, 6) is 5.09. The molecule has 1 aliphatic heterocycles. The number of amides is 3. The summed E-state index contributed by atoms with van der Waals surface area (Å²) < 4.78 is 4.98. The number of pyridine rings is 3. The Kier molecular flexibility index (Phi) is 8.58. The number of fused-ring (bicyclic) bond motifs is 3. The molecule has 0 saturated carbocycles. The normalized spacial score (nSPS) is 14.4. The average Bonchev–Trinajstić information content (AvgIpc) is 3.69. The van der Waals surface area contributed by atoms with E-state index < -0.39 is 11.9 Å². The molecule has 1 saturated heterocycles. The molecule has 6 heterocycles. The predicted molar refractivity (Wildman–Crippen MR) is 204 cm³/mol. The van der Waals surface area contributed by atoms with Crippen LogP contribution in [-0.2, 0) is 23.7 Å². The van der Waals surface area contributed by atoms with Gasteiger partial charge in [0, 0.05) is 55.6 Å². The minimum Gasteiger partial charge on any atom is -0.340 e.